The zero-order valence-corrected chi connectivity index (χ0v) is 27.2. The minimum Gasteiger partial charge on any atom is -0.404 e. The van der Waals surface area contributed by atoms with Gasteiger partial charge in [-0.25, -0.2) is 4.57 Å². The number of primary amides is 1. The number of hydrogen-bond donors (Lipinski definition) is 6. The Hall–Kier alpha value is -5.30. The molecule has 5 rings (SSSR count). The third kappa shape index (κ3) is 9.20. The maximum atomic E-state index is 14.0. The number of nitrogens with zero attached hydrogens (tertiary/aromatic N) is 1. The third-order valence-electron chi connectivity index (χ3n) is 8.18. The van der Waals surface area contributed by atoms with Crippen molar-refractivity contribution in [2.75, 3.05) is 4.90 Å². The molecule has 15 heteroatoms. The second kappa shape index (κ2) is 15.3. The number of benzene rings is 3. The summed E-state index contributed by atoms with van der Waals surface area (Å²) in [5, 5.41) is 8.26. The van der Waals surface area contributed by atoms with Crippen LogP contribution in [0.1, 0.15) is 41.5 Å². The first-order valence-electron chi connectivity index (χ1n) is 15.6. The molecule has 3 aromatic rings. The minimum absolute atomic E-state index is 0.0367. The number of carbonyl (C=O) groups is 5. The van der Waals surface area contributed by atoms with E-state index in [1.165, 1.54) is 41.3 Å². The summed E-state index contributed by atoms with van der Waals surface area (Å²) >= 11 is 0. The fourth-order valence-corrected chi connectivity index (χ4v) is 6.27. The van der Waals surface area contributed by atoms with E-state index in [4.69, 9.17) is 15.5 Å². The van der Waals surface area contributed by atoms with Gasteiger partial charge >= 0.3 is 7.82 Å². The second-order valence-corrected chi connectivity index (χ2v) is 12.9. The molecule has 0 saturated carbocycles. The predicted octanol–water partition coefficient (Wildman–Crippen LogP) is 1.63. The summed E-state index contributed by atoms with van der Waals surface area (Å²) < 4.78 is 15.6. The Kier molecular flexibility index (Phi) is 10.9. The van der Waals surface area contributed by atoms with Crippen LogP contribution >= 0.6 is 7.82 Å². The number of nitrogens with one attached hydrogen (secondary N) is 3. The molecular weight excluding hydrogens is 653 g/mol. The Morgan fingerprint density at radius 1 is 1.00 bits per heavy atom. The molecule has 0 bridgehead atoms. The van der Waals surface area contributed by atoms with E-state index < -0.39 is 55.5 Å². The van der Waals surface area contributed by atoms with Gasteiger partial charge in [0.2, 0.25) is 29.5 Å². The molecule has 5 amide bonds. The minimum atomic E-state index is -4.71. The van der Waals surface area contributed by atoms with Crippen LogP contribution in [0.4, 0.5) is 5.69 Å². The van der Waals surface area contributed by atoms with Gasteiger partial charge in [-0.1, -0.05) is 60.7 Å². The molecule has 0 aliphatic carbocycles. The summed E-state index contributed by atoms with van der Waals surface area (Å²) in [4.78, 5) is 84.9. The predicted molar refractivity (Wildman–Crippen MR) is 178 cm³/mol. The first-order valence-corrected chi connectivity index (χ1v) is 17.1. The molecule has 49 heavy (non-hydrogen) atoms. The molecule has 0 aromatic heterocycles. The van der Waals surface area contributed by atoms with Crippen LogP contribution in [0.3, 0.4) is 0 Å². The van der Waals surface area contributed by atoms with Crippen molar-refractivity contribution in [2.45, 2.75) is 56.8 Å². The number of nitrogens with two attached hydrogens (primary N) is 1. The Labute approximate surface area is 281 Å². The lowest BCUT2D eigenvalue weighted by atomic mass is 10.0. The van der Waals surface area contributed by atoms with Gasteiger partial charge in [-0.15, -0.1) is 0 Å². The fourth-order valence-electron chi connectivity index (χ4n) is 5.88. The highest BCUT2D eigenvalue weighted by Crippen LogP contribution is 2.39. The maximum absolute atomic E-state index is 14.0. The highest BCUT2D eigenvalue weighted by Gasteiger charge is 2.44. The van der Waals surface area contributed by atoms with Gasteiger partial charge < -0.3 is 26.2 Å². The smallest absolute Gasteiger partial charge is 0.404 e. The molecule has 2 heterocycles. The van der Waals surface area contributed by atoms with Crippen molar-refractivity contribution in [3.8, 4) is 5.75 Å². The van der Waals surface area contributed by atoms with Crippen LogP contribution in [-0.2, 0) is 47.9 Å². The van der Waals surface area contributed by atoms with Crippen LogP contribution in [0.2, 0.25) is 0 Å². The van der Waals surface area contributed by atoms with Crippen molar-refractivity contribution in [3.63, 3.8) is 0 Å². The highest BCUT2D eigenvalue weighted by molar-refractivity contribution is 7.46. The van der Waals surface area contributed by atoms with Gasteiger partial charge in [-0.2, -0.15) is 0 Å². The van der Waals surface area contributed by atoms with E-state index in [0.29, 0.717) is 17.7 Å². The lowest BCUT2D eigenvalue weighted by molar-refractivity contribution is -0.131. The molecule has 3 atom stereocenters. The number of amides is 5. The normalized spacial score (nSPS) is 17.5. The summed E-state index contributed by atoms with van der Waals surface area (Å²) in [5.41, 5.74) is 8.97. The van der Waals surface area contributed by atoms with E-state index in [9.17, 15) is 28.5 Å². The Morgan fingerprint density at radius 3 is 2.41 bits per heavy atom. The first-order chi connectivity index (χ1) is 23.4. The molecule has 0 spiro atoms. The van der Waals surface area contributed by atoms with Gasteiger partial charge in [0.15, 0.2) is 0 Å². The largest absolute Gasteiger partial charge is 0.524 e. The van der Waals surface area contributed by atoms with Gasteiger partial charge in [0.25, 0.3) is 0 Å². The molecule has 0 saturated heterocycles. The van der Waals surface area contributed by atoms with E-state index in [-0.39, 0.29) is 38.0 Å². The second-order valence-electron chi connectivity index (χ2n) is 11.7. The van der Waals surface area contributed by atoms with Crippen molar-refractivity contribution in [1.82, 2.24) is 16.0 Å². The average Bonchev–Trinajstić information content (AvgIpc) is 3.40. The molecule has 0 fully saturated rings. The summed E-state index contributed by atoms with van der Waals surface area (Å²) in [6, 6.07) is 17.3. The number of hydrogen-bond acceptors (Lipinski definition) is 7. The van der Waals surface area contributed by atoms with E-state index >= 15 is 0 Å². The molecule has 2 aliphatic heterocycles. The van der Waals surface area contributed by atoms with Gasteiger partial charge in [-0.05, 0) is 59.7 Å². The summed E-state index contributed by atoms with van der Waals surface area (Å²) in [7, 11) is -4.71. The molecule has 256 valence electrons. The third-order valence-corrected chi connectivity index (χ3v) is 8.63. The van der Waals surface area contributed by atoms with Gasteiger partial charge in [0.1, 0.15) is 23.9 Å². The number of aryl methyl sites for hydroxylation is 1. The van der Waals surface area contributed by atoms with Crippen molar-refractivity contribution in [3.05, 3.63) is 101 Å². The molecule has 3 aromatic carbocycles. The summed E-state index contributed by atoms with van der Waals surface area (Å²) in [6.07, 6.45) is 3.43. The lowest BCUT2D eigenvalue weighted by Crippen LogP contribution is -2.57. The number of carbonyl (C=O) groups excluding carboxylic acids is 5. The highest BCUT2D eigenvalue weighted by atomic mass is 31.2. The zero-order valence-electron chi connectivity index (χ0n) is 26.3. The molecule has 14 nitrogen and oxygen atoms in total. The molecule has 2 aliphatic rings. The van der Waals surface area contributed by atoms with Gasteiger partial charge in [0, 0.05) is 25.5 Å². The van der Waals surface area contributed by atoms with Crippen LogP contribution in [0.25, 0.3) is 6.08 Å². The Morgan fingerprint density at radius 2 is 1.71 bits per heavy atom. The quantitative estimate of drug-likeness (QED) is 0.113. The van der Waals surface area contributed by atoms with E-state index in [0.717, 1.165) is 16.7 Å². The molecule has 0 radical (unpaired) electrons. The first kappa shape index (κ1) is 35.0. The number of rotatable bonds is 13. The van der Waals surface area contributed by atoms with Crippen LogP contribution in [0.15, 0.2) is 78.9 Å². The summed E-state index contributed by atoms with van der Waals surface area (Å²) in [5.74, 6) is -2.81. The van der Waals surface area contributed by atoms with E-state index in [1.54, 1.807) is 0 Å². The number of para-hydroxylation sites is 1. The SMILES string of the molecule is NC(=O)CC[C@H](NC(=O)[C@@H]1Cc2cccc3c2N1C(=O)[C@@H](NC(=O)/C=C/c1ccc(OP(=O)(O)O)cc1)CC3)C(=O)NCc1ccccc1. The number of anilines is 1. The average molecular weight is 690 g/mol. The monoisotopic (exact) mass is 689 g/mol. The maximum Gasteiger partial charge on any atom is 0.524 e. The van der Waals surface area contributed by atoms with E-state index in [1.807, 2.05) is 48.5 Å². The van der Waals surface area contributed by atoms with Crippen molar-refractivity contribution < 1.29 is 42.8 Å². The molecule has 7 N–H and O–H groups in total. The van der Waals surface area contributed by atoms with Gasteiger partial charge in [-0.3, -0.25) is 38.7 Å². The van der Waals surface area contributed by atoms with Crippen molar-refractivity contribution in [2.24, 2.45) is 5.73 Å². The molecular formula is C34H36N5O9P. The lowest BCUT2D eigenvalue weighted by Gasteiger charge is -2.29. The zero-order chi connectivity index (χ0) is 35.1. The van der Waals surface area contributed by atoms with Crippen LogP contribution in [0.5, 0.6) is 5.75 Å². The molecule has 0 unspecified atom stereocenters. The Bertz CT molecular complexity index is 1810. The van der Waals surface area contributed by atoms with E-state index in [2.05, 4.69) is 20.5 Å². The van der Waals surface area contributed by atoms with Crippen molar-refractivity contribution >= 4 is 49.1 Å². The van der Waals surface area contributed by atoms with Crippen LogP contribution in [0, 0.1) is 0 Å². The van der Waals surface area contributed by atoms with Crippen LogP contribution < -0.4 is 31.1 Å². The fraction of sp³-hybridized carbons (Fsp3) is 0.265. The number of phosphoric acid groups is 1. The Balaban J connectivity index is 1.29. The van der Waals surface area contributed by atoms with Crippen molar-refractivity contribution in [1.29, 1.82) is 0 Å². The standard InChI is InChI=1S/C34H36N5O9P/c35-29(40)17-16-26(32(42)36-20-22-5-2-1-3-6-22)38-33(43)28-19-24-8-4-7-23-12-15-27(34(44)39(28)31(23)24)37-30(41)18-11-21-9-13-25(14-10-21)48-49(45,46)47/h1-11,13-14,18,26-28H,12,15-17,19-20H2,(H2,35,40)(H,36,42)(H,37,41)(H,38,43)(H2,45,46,47)/b18-11+/t26-,27-,28-/m0/s1. The summed E-state index contributed by atoms with van der Waals surface area (Å²) in [6.45, 7) is 0.206. The number of phosphoric ester groups is 1. The van der Waals surface area contributed by atoms with Crippen LogP contribution in [-0.4, -0.2) is 57.4 Å². The topological polar surface area (TPSA) is 217 Å². The van der Waals surface area contributed by atoms with Gasteiger partial charge in [0.05, 0.1) is 5.69 Å².